The molecule has 4 nitrogen and oxygen atoms in total. The maximum absolute atomic E-state index is 13.9. The molecule has 0 saturated carbocycles. The Morgan fingerprint density at radius 3 is 1.63 bits per heavy atom. The minimum atomic E-state index is -4.46. The van der Waals surface area contributed by atoms with Gasteiger partial charge < -0.3 is 9.80 Å². The smallest absolute Gasteiger partial charge is 0.308 e. The molecule has 49 heavy (non-hydrogen) atoms. The molecule has 10 rings (SSSR count). The standard InChI is InChI=1S/C40H23F3N4S2/c1-22-10-12-36-32(14-22)46(30-6-2-4-8-34(30)48-36)26-15-23-20-44-28-18-27(19-29-39(28)38(23)24(16-26)21-45-29)47-31-7-3-5-9-35(31)49-37-13-11-25(17-33(37)47)40(41,42)43/h2-21H,1H3. The second-order valence-electron chi connectivity index (χ2n) is 12.3. The van der Waals surface area contributed by atoms with E-state index in [1.807, 2.05) is 53.7 Å². The summed E-state index contributed by atoms with van der Waals surface area (Å²) in [5.74, 6) is 0. The van der Waals surface area contributed by atoms with E-state index in [9.17, 15) is 13.2 Å². The summed E-state index contributed by atoms with van der Waals surface area (Å²) in [5.41, 5.74) is 7.24. The molecule has 0 unspecified atom stereocenters. The number of rotatable bonds is 2. The van der Waals surface area contributed by atoms with Crippen LogP contribution in [0.5, 0.6) is 0 Å². The van der Waals surface area contributed by atoms with Gasteiger partial charge in [0.25, 0.3) is 0 Å². The summed E-state index contributed by atoms with van der Waals surface area (Å²) in [6.07, 6.45) is -0.669. The molecule has 0 radical (unpaired) electrons. The molecule has 9 heteroatoms. The molecular formula is C40H23F3N4S2. The Morgan fingerprint density at radius 2 is 1.04 bits per heavy atom. The summed E-state index contributed by atoms with van der Waals surface area (Å²) in [6, 6.07) is 35.0. The summed E-state index contributed by atoms with van der Waals surface area (Å²) < 4.78 is 41.8. The zero-order valence-corrected chi connectivity index (χ0v) is 27.4. The highest BCUT2D eigenvalue weighted by Gasteiger charge is 2.34. The summed E-state index contributed by atoms with van der Waals surface area (Å²) in [6.45, 7) is 2.11. The monoisotopic (exact) mass is 680 g/mol. The Morgan fingerprint density at radius 1 is 0.531 bits per heavy atom. The van der Waals surface area contributed by atoms with Gasteiger partial charge in [0.2, 0.25) is 0 Å². The first-order valence-corrected chi connectivity index (χ1v) is 17.3. The molecule has 2 aliphatic heterocycles. The van der Waals surface area contributed by atoms with Crippen molar-refractivity contribution in [2.24, 2.45) is 0 Å². The van der Waals surface area contributed by atoms with Crippen molar-refractivity contribution in [1.29, 1.82) is 0 Å². The van der Waals surface area contributed by atoms with Crippen LogP contribution in [0.3, 0.4) is 0 Å². The van der Waals surface area contributed by atoms with Crippen LogP contribution in [0.4, 0.5) is 47.3 Å². The summed E-state index contributed by atoms with van der Waals surface area (Å²) in [7, 11) is 0. The van der Waals surface area contributed by atoms with Gasteiger partial charge in [-0.05, 0) is 91.3 Å². The summed E-state index contributed by atoms with van der Waals surface area (Å²) in [5, 5.41) is 3.97. The van der Waals surface area contributed by atoms with Gasteiger partial charge in [-0.3, -0.25) is 9.97 Å². The van der Waals surface area contributed by atoms with Crippen LogP contribution < -0.4 is 9.80 Å². The lowest BCUT2D eigenvalue weighted by Crippen LogP contribution is -2.16. The fourth-order valence-electron chi connectivity index (χ4n) is 7.11. The number of aromatic nitrogens is 2. The highest BCUT2D eigenvalue weighted by Crippen LogP contribution is 2.55. The lowest BCUT2D eigenvalue weighted by molar-refractivity contribution is -0.137. The van der Waals surface area contributed by atoms with Crippen LogP contribution in [0, 0.1) is 6.92 Å². The number of halogens is 3. The van der Waals surface area contributed by atoms with Crippen molar-refractivity contribution in [2.75, 3.05) is 9.80 Å². The Labute approximate surface area is 287 Å². The molecule has 0 amide bonds. The minimum Gasteiger partial charge on any atom is -0.308 e. The summed E-state index contributed by atoms with van der Waals surface area (Å²) >= 11 is 3.25. The van der Waals surface area contributed by atoms with E-state index in [4.69, 9.17) is 9.97 Å². The van der Waals surface area contributed by atoms with Crippen LogP contribution in [0.15, 0.2) is 141 Å². The Hall–Kier alpha value is -5.25. The van der Waals surface area contributed by atoms with Crippen molar-refractivity contribution in [3.63, 3.8) is 0 Å². The Bertz CT molecular complexity index is 2590. The van der Waals surface area contributed by atoms with Crippen molar-refractivity contribution in [3.8, 4) is 0 Å². The molecule has 8 aromatic rings. The molecule has 0 fully saturated rings. The van der Waals surface area contributed by atoms with Crippen LogP contribution in [-0.2, 0) is 6.18 Å². The van der Waals surface area contributed by atoms with E-state index >= 15 is 0 Å². The molecule has 0 spiro atoms. The number of alkyl halides is 3. The van der Waals surface area contributed by atoms with Gasteiger partial charge in [0, 0.05) is 59.2 Å². The van der Waals surface area contributed by atoms with Crippen LogP contribution >= 0.6 is 23.5 Å². The fraction of sp³-hybridized carbons (Fsp3) is 0.0500. The molecule has 0 saturated heterocycles. The van der Waals surface area contributed by atoms with E-state index in [0.29, 0.717) is 11.4 Å². The van der Waals surface area contributed by atoms with Gasteiger partial charge in [0.15, 0.2) is 0 Å². The van der Waals surface area contributed by atoms with E-state index in [1.165, 1.54) is 33.2 Å². The third kappa shape index (κ3) is 4.42. The second kappa shape index (κ2) is 10.4. The average Bonchev–Trinajstić information content (AvgIpc) is 3.10. The van der Waals surface area contributed by atoms with E-state index in [0.717, 1.165) is 71.2 Å². The van der Waals surface area contributed by atoms with Crippen molar-refractivity contribution in [2.45, 2.75) is 32.7 Å². The maximum atomic E-state index is 13.9. The fourth-order valence-corrected chi connectivity index (χ4v) is 9.19. The zero-order chi connectivity index (χ0) is 33.0. The molecule has 0 bridgehead atoms. The highest BCUT2D eigenvalue weighted by molar-refractivity contribution is 8.00. The Balaban J connectivity index is 1.16. The van der Waals surface area contributed by atoms with Crippen molar-refractivity contribution in [3.05, 3.63) is 133 Å². The maximum Gasteiger partial charge on any atom is 0.416 e. The lowest BCUT2D eigenvalue weighted by Gasteiger charge is -2.34. The van der Waals surface area contributed by atoms with Crippen molar-refractivity contribution >= 4 is 90.2 Å². The van der Waals surface area contributed by atoms with E-state index in [-0.39, 0.29) is 0 Å². The molecule has 0 N–H and O–H groups in total. The number of fused-ring (bicyclic) bond motifs is 4. The number of pyridine rings is 2. The third-order valence-corrected chi connectivity index (χ3v) is 11.5. The number of aryl methyl sites for hydroxylation is 1. The minimum absolute atomic E-state index is 0.478. The van der Waals surface area contributed by atoms with E-state index < -0.39 is 11.7 Å². The largest absolute Gasteiger partial charge is 0.416 e. The van der Waals surface area contributed by atoms with Crippen LogP contribution in [0.25, 0.3) is 32.6 Å². The first-order valence-electron chi connectivity index (χ1n) is 15.7. The van der Waals surface area contributed by atoms with Gasteiger partial charge >= 0.3 is 6.18 Å². The molecular weight excluding hydrogens is 658 g/mol. The van der Waals surface area contributed by atoms with Crippen LogP contribution in [0.2, 0.25) is 0 Å². The van der Waals surface area contributed by atoms with Gasteiger partial charge in [-0.2, -0.15) is 13.2 Å². The zero-order valence-electron chi connectivity index (χ0n) is 25.8. The molecule has 0 atom stereocenters. The van der Waals surface area contributed by atoms with Crippen LogP contribution in [0.1, 0.15) is 11.1 Å². The quantitative estimate of drug-likeness (QED) is 0.169. The first-order chi connectivity index (χ1) is 23.8. The first kappa shape index (κ1) is 28.7. The van der Waals surface area contributed by atoms with Crippen LogP contribution in [-0.4, -0.2) is 9.97 Å². The van der Waals surface area contributed by atoms with E-state index in [2.05, 4.69) is 66.4 Å². The molecule has 2 aromatic heterocycles. The number of anilines is 6. The predicted molar refractivity (Wildman–Crippen MR) is 193 cm³/mol. The lowest BCUT2D eigenvalue weighted by atomic mass is 9.99. The highest BCUT2D eigenvalue weighted by atomic mass is 32.2. The second-order valence-corrected chi connectivity index (χ2v) is 14.5. The number of para-hydroxylation sites is 2. The predicted octanol–water partition coefficient (Wildman–Crippen LogP) is 12.6. The van der Waals surface area contributed by atoms with Gasteiger partial charge in [-0.25, -0.2) is 0 Å². The molecule has 2 aliphatic rings. The SMILES string of the molecule is Cc1ccc2c(c1)N(c1cc3cnc4cc(N5c6ccccc6Sc6ccc(C(F)(F)F)cc65)cc5ncc(c1)c3c45)c1ccccc1S2. The van der Waals surface area contributed by atoms with Gasteiger partial charge in [-0.1, -0.05) is 53.9 Å². The number of nitrogens with zero attached hydrogens (tertiary/aromatic N) is 4. The van der Waals surface area contributed by atoms with Crippen molar-refractivity contribution in [1.82, 2.24) is 9.97 Å². The van der Waals surface area contributed by atoms with Gasteiger partial charge in [-0.15, -0.1) is 0 Å². The number of hydrogen-bond donors (Lipinski definition) is 0. The molecule has 4 heterocycles. The molecule has 6 aromatic carbocycles. The summed E-state index contributed by atoms with van der Waals surface area (Å²) in [4.78, 5) is 18.2. The van der Waals surface area contributed by atoms with Crippen molar-refractivity contribution < 1.29 is 13.2 Å². The number of benzene rings is 6. The average molecular weight is 681 g/mol. The normalized spacial score (nSPS) is 13.9. The molecule has 0 aliphatic carbocycles. The van der Waals surface area contributed by atoms with E-state index in [1.54, 1.807) is 17.8 Å². The third-order valence-electron chi connectivity index (χ3n) is 9.25. The molecule has 236 valence electrons. The number of hydrogen-bond acceptors (Lipinski definition) is 6. The topological polar surface area (TPSA) is 32.3 Å². The van der Waals surface area contributed by atoms with Gasteiger partial charge in [0.05, 0.1) is 45.0 Å². The Kier molecular flexibility index (Phi) is 6.08. The van der Waals surface area contributed by atoms with Gasteiger partial charge in [0.1, 0.15) is 0 Å².